The van der Waals surface area contributed by atoms with Crippen molar-refractivity contribution >= 4 is 11.3 Å². The van der Waals surface area contributed by atoms with Gasteiger partial charge in [0.2, 0.25) is 0 Å². The third kappa shape index (κ3) is 3.26. The average molecular weight is 226 g/mol. The summed E-state index contributed by atoms with van der Waals surface area (Å²) in [5, 5.41) is 6.73. The fourth-order valence-electron chi connectivity index (χ4n) is 1.76. The first-order valence-electron chi connectivity index (χ1n) is 5.64. The summed E-state index contributed by atoms with van der Waals surface area (Å²) in [4.78, 5) is 4.60. The van der Waals surface area contributed by atoms with Gasteiger partial charge in [-0.1, -0.05) is 13.3 Å². The van der Waals surface area contributed by atoms with Crippen LogP contribution in [0.3, 0.4) is 0 Å². The Balaban J connectivity index is 1.86. The van der Waals surface area contributed by atoms with Crippen LogP contribution in [0.2, 0.25) is 0 Å². The molecule has 0 amide bonds. The Morgan fingerprint density at radius 2 is 2.60 bits per heavy atom. The molecule has 1 N–H and O–H groups in total. The van der Waals surface area contributed by atoms with Crippen molar-refractivity contribution in [3.05, 3.63) is 16.1 Å². The van der Waals surface area contributed by atoms with Crippen LogP contribution in [-0.4, -0.2) is 30.8 Å². The van der Waals surface area contributed by atoms with Crippen molar-refractivity contribution in [3.63, 3.8) is 0 Å². The van der Waals surface area contributed by atoms with E-state index in [9.17, 15) is 0 Å². The number of rotatable bonds is 4. The first-order valence-corrected chi connectivity index (χ1v) is 6.52. The number of morpholine rings is 1. The Hall–Kier alpha value is -0.450. The number of aromatic nitrogens is 1. The molecule has 2 rings (SSSR count). The minimum absolute atomic E-state index is 0.319. The smallest absolute Gasteiger partial charge is 0.0954 e. The molecule has 1 aromatic rings. The van der Waals surface area contributed by atoms with Gasteiger partial charge in [-0.15, -0.1) is 11.3 Å². The molecule has 1 atom stereocenters. The second kappa shape index (κ2) is 5.58. The summed E-state index contributed by atoms with van der Waals surface area (Å²) >= 11 is 1.76. The number of hydrogen-bond donors (Lipinski definition) is 1. The Kier molecular flexibility index (Phi) is 4.11. The maximum atomic E-state index is 5.66. The van der Waals surface area contributed by atoms with Crippen LogP contribution in [0.25, 0.3) is 0 Å². The van der Waals surface area contributed by atoms with E-state index in [1.807, 2.05) is 0 Å². The van der Waals surface area contributed by atoms with E-state index in [0.717, 1.165) is 32.5 Å². The highest BCUT2D eigenvalue weighted by atomic mass is 32.1. The quantitative estimate of drug-likeness (QED) is 0.847. The van der Waals surface area contributed by atoms with Gasteiger partial charge in [-0.25, -0.2) is 4.98 Å². The van der Waals surface area contributed by atoms with Crippen LogP contribution in [0.15, 0.2) is 5.38 Å². The lowest BCUT2D eigenvalue weighted by molar-refractivity contribution is 0.0292. The molecule has 1 fully saturated rings. The van der Waals surface area contributed by atoms with E-state index in [0.29, 0.717) is 6.10 Å². The molecule has 15 heavy (non-hydrogen) atoms. The maximum Gasteiger partial charge on any atom is 0.0954 e. The van der Waals surface area contributed by atoms with Crippen LogP contribution in [0.5, 0.6) is 0 Å². The molecule has 0 aromatic carbocycles. The highest BCUT2D eigenvalue weighted by Gasteiger charge is 2.15. The first-order chi connectivity index (χ1) is 7.38. The fourth-order valence-corrected chi connectivity index (χ4v) is 2.65. The minimum atomic E-state index is 0.319. The molecule has 0 saturated carbocycles. The zero-order valence-electron chi connectivity index (χ0n) is 9.16. The molecule has 4 heteroatoms. The van der Waals surface area contributed by atoms with Crippen molar-refractivity contribution in [2.24, 2.45) is 0 Å². The van der Waals surface area contributed by atoms with Crippen LogP contribution < -0.4 is 5.32 Å². The van der Waals surface area contributed by atoms with Crippen molar-refractivity contribution in [3.8, 4) is 0 Å². The van der Waals surface area contributed by atoms with Crippen molar-refractivity contribution in [1.82, 2.24) is 10.3 Å². The fraction of sp³-hybridized carbons (Fsp3) is 0.727. The maximum absolute atomic E-state index is 5.66. The molecule has 0 aliphatic carbocycles. The Morgan fingerprint density at radius 3 is 3.33 bits per heavy atom. The number of hydrogen-bond acceptors (Lipinski definition) is 4. The van der Waals surface area contributed by atoms with E-state index in [4.69, 9.17) is 4.74 Å². The third-order valence-corrected chi connectivity index (χ3v) is 3.43. The lowest BCUT2D eigenvalue weighted by Gasteiger charge is -2.22. The zero-order valence-corrected chi connectivity index (χ0v) is 9.98. The lowest BCUT2D eigenvalue weighted by atomic mass is 10.2. The number of ether oxygens (including phenoxy) is 1. The molecular weight excluding hydrogens is 208 g/mol. The molecule has 1 aromatic heterocycles. The third-order valence-electron chi connectivity index (χ3n) is 2.51. The molecule has 2 heterocycles. The average Bonchev–Trinajstić information content (AvgIpc) is 2.68. The van der Waals surface area contributed by atoms with Crippen LogP contribution in [0, 0.1) is 0 Å². The Labute approximate surface area is 94.9 Å². The van der Waals surface area contributed by atoms with E-state index in [1.54, 1.807) is 11.3 Å². The second-order valence-electron chi connectivity index (χ2n) is 3.88. The van der Waals surface area contributed by atoms with Crippen molar-refractivity contribution in [2.45, 2.75) is 32.3 Å². The van der Waals surface area contributed by atoms with Crippen LogP contribution in [-0.2, 0) is 17.6 Å². The van der Waals surface area contributed by atoms with Crippen molar-refractivity contribution in [1.29, 1.82) is 0 Å². The summed E-state index contributed by atoms with van der Waals surface area (Å²) in [6.07, 6.45) is 3.55. The largest absolute Gasteiger partial charge is 0.375 e. The molecule has 0 radical (unpaired) electrons. The van der Waals surface area contributed by atoms with Gasteiger partial charge in [0.1, 0.15) is 0 Å². The van der Waals surface area contributed by atoms with Crippen LogP contribution in [0.1, 0.15) is 24.0 Å². The Morgan fingerprint density at radius 1 is 1.67 bits per heavy atom. The van der Waals surface area contributed by atoms with Gasteiger partial charge in [-0.3, -0.25) is 0 Å². The van der Waals surface area contributed by atoms with Gasteiger partial charge in [0.15, 0.2) is 0 Å². The summed E-state index contributed by atoms with van der Waals surface area (Å²) in [6.45, 7) is 4.96. The van der Waals surface area contributed by atoms with Gasteiger partial charge in [0.25, 0.3) is 0 Å². The van der Waals surface area contributed by atoms with Crippen molar-refractivity contribution in [2.75, 3.05) is 19.7 Å². The summed E-state index contributed by atoms with van der Waals surface area (Å²) in [7, 11) is 0. The van der Waals surface area contributed by atoms with Crippen LogP contribution in [0.4, 0.5) is 0 Å². The standard InChI is InChI=1S/C11H18N2OS/c1-2-3-9-8-15-11(13-9)6-10-7-12-4-5-14-10/h8,10,12H,2-7H2,1H3. The molecule has 1 aliphatic heterocycles. The van der Waals surface area contributed by atoms with E-state index in [-0.39, 0.29) is 0 Å². The molecule has 1 unspecified atom stereocenters. The topological polar surface area (TPSA) is 34.1 Å². The summed E-state index contributed by atoms with van der Waals surface area (Å²) in [5.74, 6) is 0. The minimum Gasteiger partial charge on any atom is -0.375 e. The normalized spacial score (nSPS) is 21.8. The van der Waals surface area contributed by atoms with E-state index in [1.165, 1.54) is 17.1 Å². The predicted octanol–water partition coefficient (Wildman–Crippen LogP) is 1.63. The summed E-state index contributed by atoms with van der Waals surface area (Å²) in [6, 6.07) is 0. The van der Waals surface area contributed by atoms with Gasteiger partial charge in [0.05, 0.1) is 23.4 Å². The van der Waals surface area contributed by atoms with Crippen molar-refractivity contribution < 1.29 is 4.74 Å². The van der Waals surface area contributed by atoms with Crippen LogP contribution >= 0.6 is 11.3 Å². The van der Waals surface area contributed by atoms with E-state index in [2.05, 4.69) is 22.6 Å². The predicted molar refractivity (Wildman–Crippen MR) is 62.4 cm³/mol. The van der Waals surface area contributed by atoms with E-state index < -0.39 is 0 Å². The summed E-state index contributed by atoms with van der Waals surface area (Å²) in [5.41, 5.74) is 1.24. The molecular formula is C11H18N2OS. The highest BCUT2D eigenvalue weighted by Crippen LogP contribution is 2.14. The highest BCUT2D eigenvalue weighted by molar-refractivity contribution is 7.09. The molecule has 3 nitrogen and oxygen atoms in total. The molecule has 0 bridgehead atoms. The molecule has 1 saturated heterocycles. The van der Waals surface area contributed by atoms with Gasteiger partial charge >= 0.3 is 0 Å². The molecule has 0 spiro atoms. The molecule has 84 valence electrons. The number of nitrogens with one attached hydrogen (secondary N) is 1. The van der Waals surface area contributed by atoms with Gasteiger partial charge in [-0.05, 0) is 6.42 Å². The number of aryl methyl sites for hydroxylation is 1. The van der Waals surface area contributed by atoms with Gasteiger partial charge in [-0.2, -0.15) is 0 Å². The molecule has 1 aliphatic rings. The summed E-state index contributed by atoms with van der Waals surface area (Å²) < 4.78 is 5.66. The van der Waals surface area contributed by atoms with Gasteiger partial charge in [0, 0.05) is 24.9 Å². The zero-order chi connectivity index (χ0) is 10.5. The number of thiazole rings is 1. The van der Waals surface area contributed by atoms with E-state index >= 15 is 0 Å². The Bertz CT molecular complexity index is 295. The first kappa shape index (κ1) is 11.0. The monoisotopic (exact) mass is 226 g/mol. The lowest BCUT2D eigenvalue weighted by Crippen LogP contribution is -2.39. The second-order valence-corrected chi connectivity index (χ2v) is 4.83. The SMILES string of the molecule is CCCc1csc(CC2CNCCO2)n1. The van der Waals surface area contributed by atoms with Gasteiger partial charge < -0.3 is 10.1 Å². The number of nitrogens with zero attached hydrogens (tertiary/aromatic N) is 1.